The van der Waals surface area contributed by atoms with Crippen molar-refractivity contribution in [1.29, 1.82) is 0 Å². The molecule has 0 spiro atoms. The van der Waals surface area contributed by atoms with Crippen LogP contribution in [0.3, 0.4) is 0 Å². The van der Waals surface area contributed by atoms with E-state index >= 15 is 0 Å². The molecule has 2 heterocycles. The maximum atomic E-state index is 13.6. The summed E-state index contributed by atoms with van der Waals surface area (Å²) in [5.74, 6) is 3.77. The van der Waals surface area contributed by atoms with Crippen molar-refractivity contribution in [3.05, 3.63) is 72.1 Å². The fraction of sp³-hybridized carbons (Fsp3) is 0.619. The van der Waals surface area contributed by atoms with Crippen molar-refractivity contribution in [1.82, 2.24) is 15.0 Å². The molecular weight excluding hydrogens is 656 g/mol. The molecule has 8 rings (SSSR count). The van der Waals surface area contributed by atoms with Gasteiger partial charge in [0.2, 0.25) is 0 Å². The number of carbonyl (C=O) groups excluding carboxylic acids is 2. The van der Waals surface area contributed by atoms with E-state index < -0.39 is 6.04 Å². The van der Waals surface area contributed by atoms with Gasteiger partial charge in [0.1, 0.15) is 18.1 Å². The first-order valence-corrected chi connectivity index (χ1v) is 19.6. The molecule has 3 aromatic rings. The van der Waals surface area contributed by atoms with Gasteiger partial charge in [0.15, 0.2) is 6.04 Å². The summed E-state index contributed by atoms with van der Waals surface area (Å²) in [6.45, 7) is 4.71. The van der Waals surface area contributed by atoms with E-state index in [1.165, 1.54) is 19.3 Å². The number of ether oxygens (including phenoxy) is 2. The summed E-state index contributed by atoms with van der Waals surface area (Å²) < 4.78 is 12.6. The number of rotatable bonds is 10. The van der Waals surface area contributed by atoms with Crippen LogP contribution < -0.4 is 9.64 Å². The average molecular weight is 711 g/mol. The van der Waals surface area contributed by atoms with Crippen LogP contribution in [0.1, 0.15) is 101 Å². The predicted molar refractivity (Wildman–Crippen MR) is 195 cm³/mol. The number of amides is 1. The summed E-state index contributed by atoms with van der Waals surface area (Å²) in [7, 11) is 1.61. The standard InChI is InChI=1S/C42H54N4O6/c1-25(32-16-17-34-33-15-10-27-21-30(47)19-20-42(27,2)35(33)22-36(48)38(32)34)9-18-37(49)52-24-28-23-45(44-43-28)40-39(26-7-5-4-6-8-26)46(41(40)50)29-11-13-31(51-3)14-12-29/h4-8,11-14,23,25,27,30,32-36,38-40,47-48H,9-10,15-22,24H2,1-3H3/t25-,27-,30-,32-,33+,34+,35+,36+,38-,39+,40-,42+/m1/s1. The van der Waals surface area contributed by atoms with Crippen LogP contribution in [0.15, 0.2) is 60.8 Å². The molecule has 10 heteroatoms. The molecule has 1 amide bonds. The maximum absolute atomic E-state index is 13.6. The number of carbonyl (C=O) groups is 2. The van der Waals surface area contributed by atoms with E-state index in [0.29, 0.717) is 53.5 Å². The zero-order valence-corrected chi connectivity index (χ0v) is 30.7. The van der Waals surface area contributed by atoms with E-state index in [2.05, 4.69) is 24.2 Å². The van der Waals surface area contributed by atoms with Gasteiger partial charge >= 0.3 is 5.97 Å². The summed E-state index contributed by atoms with van der Waals surface area (Å²) in [6, 6.07) is 16.5. The van der Waals surface area contributed by atoms with Crippen molar-refractivity contribution in [3.63, 3.8) is 0 Å². The third-order valence-corrected chi connectivity index (χ3v) is 14.3. The van der Waals surface area contributed by atoms with Crippen LogP contribution in [0, 0.1) is 46.8 Å². The highest BCUT2D eigenvalue weighted by atomic mass is 16.5. The number of anilines is 1. The Labute approximate surface area is 306 Å². The third kappa shape index (κ3) is 6.23. The van der Waals surface area contributed by atoms with Gasteiger partial charge in [-0.3, -0.25) is 9.59 Å². The second kappa shape index (κ2) is 14.2. The van der Waals surface area contributed by atoms with Crippen molar-refractivity contribution < 1.29 is 29.3 Å². The lowest BCUT2D eigenvalue weighted by Gasteiger charge is -2.59. The Kier molecular flexibility index (Phi) is 9.66. The van der Waals surface area contributed by atoms with Gasteiger partial charge < -0.3 is 24.6 Å². The van der Waals surface area contributed by atoms with Gasteiger partial charge in [0.05, 0.1) is 31.6 Å². The topological polar surface area (TPSA) is 127 Å². The van der Waals surface area contributed by atoms with Gasteiger partial charge in [-0.1, -0.05) is 49.4 Å². The third-order valence-electron chi connectivity index (χ3n) is 14.3. The summed E-state index contributed by atoms with van der Waals surface area (Å²) in [5.41, 5.74) is 2.50. The van der Waals surface area contributed by atoms with Crippen LogP contribution in [-0.2, 0) is 20.9 Å². The van der Waals surface area contributed by atoms with Crippen LogP contribution in [0.2, 0.25) is 0 Å². The summed E-state index contributed by atoms with van der Waals surface area (Å²) >= 11 is 0. The Morgan fingerprint density at radius 1 is 0.981 bits per heavy atom. The van der Waals surface area contributed by atoms with Crippen molar-refractivity contribution in [3.8, 4) is 5.75 Å². The molecule has 5 fully saturated rings. The summed E-state index contributed by atoms with van der Waals surface area (Å²) in [5, 5.41) is 30.6. The first-order chi connectivity index (χ1) is 25.2. The van der Waals surface area contributed by atoms with Crippen LogP contribution >= 0.6 is 0 Å². The normalized spacial score (nSPS) is 35.9. The van der Waals surface area contributed by atoms with E-state index in [0.717, 1.165) is 55.5 Å². The quantitative estimate of drug-likeness (QED) is 0.176. The molecule has 2 N–H and O–H groups in total. The molecule has 0 radical (unpaired) electrons. The van der Waals surface area contributed by atoms with Crippen molar-refractivity contribution in [2.24, 2.45) is 46.8 Å². The smallest absolute Gasteiger partial charge is 0.306 e. The van der Waals surface area contributed by atoms with Crippen molar-refractivity contribution in [2.75, 3.05) is 12.0 Å². The Balaban J connectivity index is 0.857. The zero-order chi connectivity index (χ0) is 36.1. The van der Waals surface area contributed by atoms with Crippen molar-refractivity contribution >= 4 is 17.6 Å². The average Bonchev–Trinajstić information content (AvgIpc) is 3.82. The summed E-state index contributed by atoms with van der Waals surface area (Å²) in [6.07, 6.45) is 10.8. The second-order valence-corrected chi connectivity index (χ2v) is 16.8. The molecule has 12 atom stereocenters. The minimum atomic E-state index is -0.573. The minimum absolute atomic E-state index is 0.000970. The lowest BCUT2D eigenvalue weighted by Crippen LogP contribution is -2.56. The number of aliphatic hydroxyl groups is 2. The fourth-order valence-electron chi connectivity index (χ4n) is 11.7. The number of esters is 1. The number of hydrogen-bond acceptors (Lipinski definition) is 8. The molecule has 2 aromatic carbocycles. The molecule has 1 aromatic heterocycles. The predicted octanol–water partition coefficient (Wildman–Crippen LogP) is 6.68. The monoisotopic (exact) mass is 710 g/mol. The van der Waals surface area contributed by atoms with Crippen molar-refractivity contribution in [2.45, 2.75) is 109 Å². The summed E-state index contributed by atoms with van der Waals surface area (Å²) in [4.78, 5) is 28.4. The van der Waals surface area contributed by atoms with Gasteiger partial charge in [0.25, 0.3) is 5.91 Å². The number of benzene rings is 2. The van der Waals surface area contributed by atoms with Crippen LogP contribution in [0.25, 0.3) is 0 Å². The fourth-order valence-corrected chi connectivity index (χ4v) is 11.7. The van der Waals surface area contributed by atoms with Gasteiger partial charge in [0, 0.05) is 12.1 Å². The molecule has 4 aliphatic carbocycles. The molecule has 4 saturated carbocycles. The van der Waals surface area contributed by atoms with Gasteiger partial charge in [-0.05, 0) is 134 Å². The molecule has 278 valence electrons. The molecule has 1 aliphatic heterocycles. The highest BCUT2D eigenvalue weighted by Gasteiger charge is 2.59. The van der Waals surface area contributed by atoms with E-state index in [-0.39, 0.29) is 42.1 Å². The first-order valence-electron chi connectivity index (χ1n) is 19.6. The first kappa shape index (κ1) is 35.3. The maximum Gasteiger partial charge on any atom is 0.306 e. The lowest BCUT2D eigenvalue weighted by atomic mass is 9.46. The van der Waals surface area contributed by atoms with E-state index in [9.17, 15) is 19.8 Å². The molecule has 5 aliphatic rings. The second-order valence-electron chi connectivity index (χ2n) is 16.8. The van der Waals surface area contributed by atoms with Gasteiger partial charge in [-0.15, -0.1) is 5.10 Å². The molecule has 0 unspecified atom stereocenters. The minimum Gasteiger partial charge on any atom is -0.497 e. The Morgan fingerprint density at radius 3 is 2.52 bits per heavy atom. The van der Waals surface area contributed by atoms with Crippen LogP contribution in [0.5, 0.6) is 5.75 Å². The van der Waals surface area contributed by atoms with E-state index in [4.69, 9.17) is 9.47 Å². The molecule has 52 heavy (non-hydrogen) atoms. The molecule has 1 saturated heterocycles. The number of nitrogens with zero attached hydrogens (tertiary/aromatic N) is 4. The molecule has 0 bridgehead atoms. The van der Waals surface area contributed by atoms with E-state index in [1.54, 1.807) is 22.9 Å². The highest BCUT2D eigenvalue weighted by molar-refractivity contribution is 6.04. The Bertz CT molecular complexity index is 1730. The number of aliphatic hydroxyl groups excluding tert-OH is 2. The number of hydrogen-bond donors (Lipinski definition) is 2. The van der Waals surface area contributed by atoms with E-state index in [1.807, 2.05) is 54.6 Å². The molecule has 10 nitrogen and oxygen atoms in total. The Morgan fingerprint density at radius 2 is 1.75 bits per heavy atom. The Hall–Kier alpha value is -3.76. The largest absolute Gasteiger partial charge is 0.497 e. The number of fused-ring (bicyclic) bond motifs is 5. The lowest BCUT2D eigenvalue weighted by molar-refractivity contribution is -0.146. The highest BCUT2D eigenvalue weighted by Crippen LogP contribution is 2.64. The molecular formula is C42H54N4O6. The number of methoxy groups -OCH3 is 1. The van der Waals surface area contributed by atoms with Gasteiger partial charge in [-0.25, -0.2) is 4.68 Å². The van der Waals surface area contributed by atoms with Crippen LogP contribution in [-0.4, -0.2) is 56.4 Å². The SMILES string of the molecule is COc1ccc(N2C(=O)[C@H](n3cc(COC(=O)CC[C@@H](C)[C@H]4CC[C@H]5[C@@H]6CC[C@@H]7C[C@H](O)CC[C@]7(C)[C@H]6C[C@H](O)[C@@H]54)nn3)[C@@H]2c2ccccc2)cc1. The number of aromatic nitrogens is 3. The zero-order valence-electron chi connectivity index (χ0n) is 30.7. The van der Waals surface area contributed by atoms with Gasteiger partial charge in [-0.2, -0.15) is 0 Å². The van der Waals surface area contributed by atoms with Crippen LogP contribution in [0.4, 0.5) is 5.69 Å². The number of β-lactam (4-membered cyclic amide) rings is 1.